The van der Waals surface area contributed by atoms with E-state index in [0.29, 0.717) is 11.5 Å². The van der Waals surface area contributed by atoms with Crippen LogP contribution in [0, 0.1) is 53.7 Å². The molecule has 6 nitrogen and oxygen atoms in total. The summed E-state index contributed by atoms with van der Waals surface area (Å²) in [6.07, 6.45) is 7.73. The quantitative estimate of drug-likeness (QED) is 0.127. The van der Waals surface area contributed by atoms with Crippen LogP contribution >= 0.6 is 0 Å². The molecule has 0 aliphatic carbocycles. The van der Waals surface area contributed by atoms with Crippen LogP contribution in [0.4, 0.5) is 0 Å². The molecule has 0 radical (unpaired) electrons. The SMILES string of the molecule is Cc1cccc(C)c1-c1cc(-c2c(C)cccc2C)c2c(c1)c1ccc(Oc3[c-]c4c(cc3)c3cccnc3n3c(-c5c(C)cccc5C)cnc43)[c-]c1c1nccn12.[Pt+2]. The molecular formula is C53H39N5OPt. The Kier molecular flexibility index (Phi) is 8.96. The number of hydrogen-bond donors (Lipinski definition) is 0. The predicted molar refractivity (Wildman–Crippen MR) is 241 cm³/mol. The summed E-state index contributed by atoms with van der Waals surface area (Å²) < 4.78 is 11.1. The van der Waals surface area contributed by atoms with Crippen molar-refractivity contribution < 1.29 is 25.8 Å². The van der Waals surface area contributed by atoms with Crippen molar-refractivity contribution in [3.63, 3.8) is 0 Å². The zero-order chi connectivity index (χ0) is 40.1. The minimum atomic E-state index is 0. The van der Waals surface area contributed by atoms with Gasteiger partial charge in [0.15, 0.2) is 0 Å². The van der Waals surface area contributed by atoms with Gasteiger partial charge in [-0.3, -0.25) is 9.97 Å². The number of rotatable bonds is 5. The van der Waals surface area contributed by atoms with Crippen LogP contribution in [0.15, 0.2) is 128 Å². The summed E-state index contributed by atoms with van der Waals surface area (Å²) in [6, 6.07) is 43.8. The normalized spacial score (nSPS) is 11.7. The molecular weight excluding hydrogens is 918 g/mol. The third-order valence-corrected chi connectivity index (χ3v) is 12.1. The number of ether oxygens (including phenoxy) is 1. The molecule has 11 aromatic rings. The van der Waals surface area contributed by atoms with E-state index in [1.165, 1.54) is 55.6 Å². The second-order valence-electron chi connectivity index (χ2n) is 15.8. The van der Waals surface area contributed by atoms with E-state index in [1.54, 1.807) is 0 Å². The van der Waals surface area contributed by atoms with Gasteiger partial charge in [-0.25, -0.2) is 4.98 Å². The number of pyridine rings is 3. The molecule has 5 aromatic heterocycles. The molecule has 6 aromatic carbocycles. The van der Waals surface area contributed by atoms with Crippen molar-refractivity contribution in [3.05, 3.63) is 173 Å². The molecule has 7 heteroatoms. The van der Waals surface area contributed by atoms with Crippen molar-refractivity contribution in [1.82, 2.24) is 23.8 Å². The van der Waals surface area contributed by atoms with E-state index >= 15 is 0 Å². The molecule has 0 aliphatic heterocycles. The number of benzene rings is 6. The van der Waals surface area contributed by atoms with Gasteiger partial charge in [0, 0.05) is 52.9 Å². The van der Waals surface area contributed by atoms with Gasteiger partial charge in [0.25, 0.3) is 0 Å². The Morgan fingerprint density at radius 1 is 0.500 bits per heavy atom. The standard InChI is InChI=1S/C53H39N5O.Pt/c1-30-11-7-12-31(2)47(30)36-25-42-40-21-19-37(27-43(40)51-55-23-24-57(51)50(42)45(26-36)48-32(3)13-8-14-33(48)4)59-38-18-20-39-41-17-10-22-54-52(41)58-46(29-56-53(58)44(39)28-38)49-34(5)15-9-16-35(49)6;/h7-26,29H,1-6H3;/q-2;+2. The number of aromatic nitrogens is 5. The Labute approximate surface area is 362 Å². The largest absolute Gasteiger partial charge is 2.00 e. The van der Waals surface area contributed by atoms with Crippen molar-refractivity contribution in [2.75, 3.05) is 0 Å². The van der Waals surface area contributed by atoms with Crippen molar-refractivity contribution in [3.8, 4) is 45.0 Å². The van der Waals surface area contributed by atoms with E-state index < -0.39 is 0 Å². The molecule has 0 fully saturated rings. The molecule has 5 heterocycles. The van der Waals surface area contributed by atoms with Gasteiger partial charge in [0.2, 0.25) is 0 Å². The van der Waals surface area contributed by atoms with E-state index in [-0.39, 0.29) is 21.1 Å². The van der Waals surface area contributed by atoms with Gasteiger partial charge in [-0.1, -0.05) is 113 Å². The minimum Gasteiger partial charge on any atom is -0.497 e. The Balaban J connectivity index is 0.00000433. The van der Waals surface area contributed by atoms with Gasteiger partial charge >= 0.3 is 21.1 Å². The minimum absolute atomic E-state index is 0. The monoisotopic (exact) mass is 956 g/mol. The van der Waals surface area contributed by atoms with Gasteiger partial charge in [0.1, 0.15) is 5.65 Å². The van der Waals surface area contributed by atoms with E-state index in [2.05, 4.69) is 154 Å². The number of aryl methyl sites for hydroxylation is 6. The maximum atomic E-state index is 6.67. The third-order valence-electron chi connectivity index (χ3n) is 12.1. The van der Waals surface area contributed by atoms with E-state index in [0.717, 1.165) is 66.0 Å². The maximum absolute atomic E-state index is 6.67. The first kappa shape index (κ1) is 37.6. The molecule has 0 spiro atoms. The smallest absolute Gasteiger partial charge is 0.497 e. The molecule has 0 saturated heterocycles. The summed E-state index contributed by atoms with van der Waals surface area (Å²) in [7, 11) is 0. The fourth-order valence-corrected chi connectivity index (χ4v) is 9.52. The topological polar surface area (TPSA) is 56.7 Å². The summed E-state index contributed by atoms with van der Waals surface area (Å²) in [6.45, 7) is 13.1. The summed E-state index contributed by atoms with van der Waals surface area (Å²) in [5.74, 6) is 1.15. The molecule has 0 amide bonds. The number of nitrogens with zero attached hydrogens (tertiary/aromatic N) is 5. The Bertz CT molecular complexity index is 3500. The first-order valence-electron chi connectivity index (χ1n) is 20.0. The molecule has 0 unspecified atom stereocenters. The average molecular weight is 957 g/mol. The Morgan fingerprint density at radius 3 is 1.72 bits per heavy atom. The number of hydrogen-bond acceptors (Lipinski definition) is 4. The first-order valence-corrected chi connectivity index (χ1v) is 20.0. The van der Waals surface area contributed by atoms with Gasteiger partial charge in [-0.15, -0.1) is 12.1 Å². The summed E-state index contributed by atoms with van der Waals surface area (Å²) in [5.41, 5.74) is 17.9. The van der Waals surface area contributed by atoms with Crippen LogP contribution in [0.2, 0.25) is 0 Å². The number of fused-ring (bicyclic) bond motifs is 12. The molecule has 0 bridgehead atoms. The van der Waals surface area contributed by atoms with Crippen LogP contribution in [0.5, 0.6) is 11.5 Å². The average Bonchev–Trinajstić information content (AvgIpc) is 3.90. The van der Waals surface area contributed by atoms with Crippen molar-refractivity contribution >= 4 is 54.8 Å². The Hall–Kier alpha value is -6.62. The summed E-state index contributed by atoms with van der Waals surface area (Å²) >= 11 is 0. The molecule has 292 valence electrons. The van der Waals surface area contributed by atoms with E-state index in [4.69, 9.17) is 19.7 Å². The predicted octanol–water partition coefficient (Wildman–Crippen LogP) is 13.2. The molecule has 0 atom stereocenters. The van der Waals surface area contributed by atoms with E-state index in [1.807, 2.05) is 36.8 Å². The van der Waals surface area contributed by atoms with Crippen LogP contribution < -0.4 is 4.74 Å². The van der Waals surface area contributed by atoms with Crippen molar-refractivity contribution in [2.45, 2.75) is 41.5 Å². The van der Waals surface area contributed by atoms with Crippen molar-refractivity contribution in [2.24, 2.45) is 0 Å². The maximum Gasteiger partial charge on any atom is 2.00 e. The van der Waals surface area contributed by atoms with Crippen LogP contribution in [-0.2, 0) is 21.1 Å². The second-order valence-corrected chi connectivity index (χ2v) is 15.8. The van der Waals surface area contributed by atoms with Crippen LogP contribution in [-0.4, -0.2) is 23.8 Å². The third kappa shape index (κ3) is 5.69. The first-order chi connectivity index (χ1) is 28.7. The molecule has 0 saturated carbocycles. The molecule has 0 N–H and O–H groups in total. The number of imidazole rings is 2. The molecule has 60 heavy (non-hydrogen) atoms. The van der Waals surface area contributed by atoms with Gasteiger partial charge in [-0.05, 0) is 115 Å². The van der Waals surface area contributed by atoms with Gasteiger partial charge in [-0.2, -0.15) is 0 Å². The zero-order valence-corrected chi connectivity index (χ0v) is 36.4. The molecule has 0 aliphatic rings. The van der Waals surface area contributed by atoms with E-state index in [9.17, 15) is 0 Å². The summed E-state index contributed by atoms with van der Waals surface area (Å²) in [5, 5.41) is 5.98. The van der Waals surface area contributed by atoms with Crippen LogP contribution in [0.1, 0.15) is 33.4 Å². The van der Waals surface area contributed by atoms with Gasteiger partial charge in [0.05, 0.1) is 17.0 Å². The zero-order valence-electron chi connectivity index (χ0n) is 34.1. The van der Waals surface area contributed by atoms with Crippen molar-refractivity contribution in [1.29, 1.82) is 0 Å². The summed E-state index contributed by atoms with van der Waals surface area (Å²) in [4.78, 5) is 14.8. The second kappa shape index (κ2) is 14.3. The van der Waals surface area contributed by atoms with Crippen LogP contribution in [0.3, 0.4) is 0 Å². The van der Waals surface area contributed by atoms with Gasteiger partial charge < -0.3 is 13.5 Å². The Morgan fingerprint density at radius 2 is 1.07 bits per heavy atom. The fraction of sp³-hybridized carbons (Fsp3) is 0.113. The van der Waals surface area contributed by atoms with Crippen LogP contribution in [0.25, 0.3) is 88.3 Å². The fourth-order valence-electron chi connectivity index (χ4n) is 9.52. The molecule has 11 rings (SSSR count).